The minimum absolute atomic E-state index is 0.0734. The van der Waals surface area contributed by atoms with Gasteiger partial charge in [-0.2, -0.15) is 13.2 Å². The van der Waals surface area contributed by atoms with E-state index in [9.17, 15) is 13.2 Å². The molecule has 22 heavy (non-hydrogen) atoms. The Balaban J connectivity index is 2.61. The number of aliphatic imine (C=N–C) groups is 1. The third kappa shape index (κ3) is 5.95. The van der Waals surface area contributed by atoms with E-state index >= 15 is 0 Å². The van der Waals surface area contributed by atoms with Crippen LogP contribution >= 0.6 is 0 Å². The molecule has 0 saturated heterocycles. The predicted octanol–water partition coefficient (Wildman–Crippen LogP) is 2.90. The fraction of sp³-hybridized carbons (Fsp3) is 0.714. The largest absolute Gasteiger partial charge is 0.390 e. The number of halogens is 3. The molecule has 1 heterocycles. The zero-order valence-electron chi connectivity index (χ0n) is 13.3. The second-order valence-corrected chi connectivity index (χ2v) is 5.15. The molecule has 0 fully saturated rings. The number of aromatic nitrogens is 1. The van der Waals surface area contributed by atoms with Gasteiger partial charge in [-0.25, -0.2) is 0 Å². The van der Waals surface area contributed by atoms with Crippen molar-refractivity contribution in [2.45, 2.75) is 46.2 Å². The topological polar surface area (TPSA) is 62.5 Å². The molecular weight excluding hydrogens is 297 g/mol. The highest BCUT2D eigenvalue weighted by molar-refractivity contribution is 5.79. The zero-order valence-corrected chi connectivity index (χ0v) is 13.3. The van der Waals surface area contributed by atoms with Crippen molar-refractivity contribution in [1.82, 2.24) is 15.8 Å². The van der Waals surface area contributed by atoms with Gasteiger partial charge in [0, 0.05) is 31.1 Å². The number of nitrogens with one attached hydrogen (secondary N) is 2. The van der Waals surface area contributed by atoms with Crippen molar-refractivity contribution in [3.63, 3.8) is 0 Å². The molecule has 1 atom stereocenters. The summed E-state index contributed by atoms with van der Waals surface area (Å²) in [6.45, 7) is 8.35. The first-order valence-electron chi connectivity index (χ1n) is 7.26. The fourth-order valence-electron chi connectivity index (χ4n) is 2.18. The molecule has 0 aliphatic carbocycles. The van der Waals surface area contributed by atoms with E-state index in [1.165, 1.54) is 0 Å². The highest BCUT2D eigenvalue weighted by Crippen LogP contribution is 2.23. The monoisotopic (exact) mass is 320 g/mol. The van der Waals surface area contributed by atoms with Crippen molar-refractivity contribution in [3.8, 4) is 0 Å². The third-order valence-corrected chi connectivity index (χ3v) is 3.15. The summed E-state index contributed by atoms with van der Waals surface area (Å²) in [6.07, 6.45) is -5.06. The predicted molar refractivity (Wildman–Crippen MR) is 79.0 cm³/mol. The molecule has 0 bridgehead atoms. The van der Waals surface area contributed by atoms with Gasteiger partial charge in [-0.3, -0.25) is 4.99 Å². The quantitative estimate of drug-likeness (QED) is 0.625. The number of guanidine groups is 1. The highest BCUT2D eigenvalue weighted by atomic mass is 19.4. The van der Waals surface area contributed by atoms with Crippen LogP contribution < -0.4 is 10.6 Å². The first-order chi connectivity index (χ1) is 10.2. The van der Waals surface area contributed by atoms with Crippen molar-refractivity contribution in [1.29, 1.82) is 0 Å². The Kier molecular flexibility index (Phi) is 6.70. The van der Waals surface area contributed by atoms with Crippen molar-refractivity contribution in [2.75, 3.05) is 19.6 Å². The van der Waals surface area contributed by atoms with Crippen molar-refractivity contribution >= 4 is 5.96 Å². The number of nitrogens with zero attached hydrogens (tertiary/aromatic N) is 2. The minimum atomic E-state index is -4.17. The minimum Gasteiger partial charge on any atom is -0.361 e. The summed E-state index contributed by atoms with van der Waals surface area (Å²) < 4.78 is 41.6. The first-order valence-corrected chi connectivity index (χ1v) is 7.26. The van der Waals surface area contributed by atoms with Crippen LogP contribution in [0.25, 0.3) is 0 Å². The summed E-state index contributed by atoms with van der Waals surface area (Å²) >= 11 is 0. The molecule has 0 aliphatic heterocycles. The van der Waals surface area contributed by atoms with Crippen LogP contribution in [0, 0.1) is 13.8 Å². The molecule has 1 rings (SSSR count). The van der Waals surface area contributed by atoms with E-state index in [4.69, 9.17) is 4.52 Å². The summed E-state index contributed by atoms with van der Waals surface area (Å²) in [7, 11) is 0. The lowest BCUT2D eigenvalue weighted by Gasteiger charge is -2.14. The van der Waals surface area contributed by atoms with Gasteiger partial charge in [0.25, 0.3) is 0 Å². The van der Waals surface area contributed by atoms with Crippen LogP contribution in [-0.4, -0.2) is 36.9 Å². The van der Waals surface area contributed by atoms with E-state index in [0.29, 0.717) is 19.0 Å². The molecule has 0 radical (unpaired) electrons. The lowest BCUT2D eigenvalue weighted by molar-refractivity contribution is -0.132. The first kappa shape index (κ1) is 18.3. The van der Waals surface area contributed by atoms with Crippen LogP contribution in [-0.2, 0) is 0 Å². The molecule has 0 amide bonds. The van der Waals surface area contributed by atoms with E-state index in [0.717, 1.165) is 17.0 Å². The fourth-order valence-corrected chi connectivity index (χ4v) is 2.18. The number of hydrogen-bond acceptors (Lipinski definition) is 3. The summed E-state index contributed by atoms with van der Waals surface area (Å²) in [4.78, 5) is 4.33. The smallest absolute Gasteiger partial charge is 0.361 e. The van der Waals surface area contributed by atoms with Gasteiger partial charge >= 0.3 is 6.18 Å². The summed E-state index contributed by atoms with van der Waals surface area (Å²) in [5.41, 5.74) is 1.81. The van der Waals surface area contributed by atoms with Crippen molar-refractivity contribution in [2.24, 2.45) is 4.99 Å². The van der Waals surface area contributed by atoms with E-state index in [1.54, 1.807) is 0 Å². The Morgan fingerprint density at radius 3 is 2.50 bits per heavy atom. The van der Waals surface area contributed by atoms with Gasteiger partial charge in [-0.05, 0) is 20.8 Å². The molecule has 5 nitrogen and oxygen atoms in total. The van der Waals surface area contributed by atoms with Crippen LogP contribution in [0.15, 0.2) is 9.52 Å². The second kappa shape index (κ2) is 8.05. The van der Waals surface area contributed by atoms with Gasteiger partial charge in [0.15, 0.2) is 5.96 Å². The molecule has 2 N–H and O–H groups in total. The average Bonchev–Trinajstić information content (AvgIpc) is 2.74. The number of aryl methyl sites for hydroxylation is 2. The van der Waals surface area contributed by atoms with Gasteiger partial charge in [0.2, 0.25) is 0 Å². The van der Waals surface area contributed by atoms with Gasteiger partial charge in [0.1, 0.15) is 5.76 Å². The molecule has 1 aromatic heterocycles. The third-order valence-electron chi connectivity index (χ3n) is 3.15. The molecule has 8 heteroatoms. The van der Waals surface area contributed by atoms with Gasteiger partial charge < -0.3 is 15.2 Å². The molecule has 0 spiro atoms. The molecular formula is C14H23F3N4O. The zero-order chi connectivity index (χ0) is 16.8. The van der Waals surface area contributed by atoms with Crippen LogP contribution in [0.5, 0.6) is 0 Å². The lowest BCUT2D eigenvalue weighted by Crippen LogP contribution is -2.39. The lowest BCUT2D eigenvalue weighted by atomic mass is 10.00. The van der Waals surface area contributed by atoms with Gasteiger partial charge in [-0.15, -0.1) is 0 Å². The maximum Gasteiger partial charge on any atom is 0.390 e. The molecule has 0 aliphatic rings. The van der Waals surface area contributed by atoms with Gasteiger partial charge in [-0.1, -0.05) is 12.1 Å². The average molecular weight is 320 g/mol. The molecule has 0 aromatic carbocycles. The SMILES string of the molecule is CCNC(=NC[C@@H](C)c1c(C)noc1C)NCCC(F)(F)F. The van der Waals surface area contributed by atoms with Gasteiger partial charge in [0.05, 0.1) is 12.1 Å². The molecule has 126 valence electrons. The Morgan fingerprint density at radius 1 is 1.32 bits per heavy atom. The maximum atomic E-state index is 12.2. The summed E-state index contributed by atoms with van der Waals surface area (Å²) in [6, 6.07) is 0. The number of rotatable bonds is 6. The van der Waals surface area contributed by atoms with Crippen molar-refractivity contribution < 1.29 is 17.7 Å². The highest BCUT2D eigenvalue weighted by Gasteiger charge is 2.26. The van der Waals surface area contributed by atoms with Crippen LogP contribution in [0.2, 0.25) is 0 Å². The Hall–Kier alpha value is -1.73. The van der Waals surface area contributed by atoms with Crippen LogP contribution in [0.3, 0.4) is 0 Å². The van der Waals surface area contributed by atoms with E-state index in [2.05, 4.69) is 20.8 Å². The van der Waals surface area contributed by atoms with Crippen molar-refractivity contribution in [3.05, 3.63) is 17.0 Å². The van der Waals surface area contributed by atoms with E-state index in [1.807, 2.05) is 27.7 Å². The van der Waals surface area contributed by atoms with Crippen LogP contribution in [0.4, 0.5) is 13.2 Å². The number of alkyl halides is 3. The molecule has 1 aromatic rings. The number of hydrogen-bond donors (Lipinski definition) is 2. The summed E-state index contributed by atoms with van der Waals surface area (Å²) in [5, 5.41) is 9.52. The van der Waals surface area contributed by atoms with E-state index in [-0.39, 0.29) is 12.5 Å². The molecule has 0 saturated carbocycles. The Morgan fingerprint density at radius 2 is 2.00 bits per heavy atom. The normalized spacial score (nSPS) is 14.0. The standard InChI is InChI=1S/C14H23F3N4O/c1-5-18-13(19-7-6-14(15,16)17)20-8-9(2)12-10(3)21-22-11(12)4/h9H,5-8H2,1-4H3,(H2,18,19,20)/t9-/m1/s1. The summed E-state index contributed by atoms with van der Waals surface area (Å²) in [5.74, 6) is 1.20. The maximum absolute atomic E-state index is 12.2. The Bertz CT molecular complexity index is 477. The second-order valence-electron chi connectivity index (χ2n) is 5.15. The Labute approximate surface area is 128 Å². The van der Waals surface area contributed by atoms with Crippen LogP contribution in [0.1, 0.15) is 43.2 Å². The molecule has 0 unspecified atom stereocenters. The van der Waals surface area contributed by atoms with E-state index < -0.39 is 12.6 Å².